The summed E-state index contributed by atoms with van der Waals surface area (Å²) >= 11 is 2.53. The van der Waals surface area contributed by atoms with Gasteiger partial charge in [0.05, 0.1) is 0 Å². The number of benzene rings is 1. The smallest absolute Gasteiger partial charge is 0.157 e. The number of rotatable bonds is 31. The number of aryl methyl sites for hydroxylation is 1. The third kappa shape index (κ3) is 21.8. The Balaban J connectivity index is 2.23. The molecular formula is C40H72IO2P. The lowest BCUT2D eigenvalue weighted by atomic mass is 9.95. The van der Waals surface area contributed by atoms with Crippen molar-refractivity contribution in [1.29, 1.82) is 0 Å². The molecule has 1 rings (SSSR count). The quantitative estimate of drug-likeness (QED) is 0.0248. The van der Waals surface area contributed by atoms with Crippen LogP contribution in [-0.2, 0) is 15.9 Å². The van der Waals surface area contributed by atoms with Gasteiger partial charge in [-0.2, -0.15) is 0 Å². The zero-order valence-corrected chi connectivity index (χ0v) is 33.0. The van der Waals surface area contributed by atoms with Gasteiger partial charge in [-0.15, -0.1) is 0 Å². The summed E-state index contributed by atoms with van der Waals surface area (Å²) < 4.78 is 12.5. The summed E-state index contributed by atoms with van der Waals surface area (Å²) in [5, 5.41) is 1.54. The van der Waals surface area contributed by atoms with Crippen molar-refractivity contribution in [2.24, 2.45) is 0 Å². The summed E-state index contributed by atoms with van der Waals surface area (Å²) in [6.45, 7) is 13.2. The van der Waals surface area contributed by atoms with Crippen molar-refractivity contribution in [3.63, 3.8) is 0 Å². The Morgan fingerprint density at radius 2 is 1.07 bits per heavy atom. The fraction of sp³-hybridized carbons (Fsp3) is 0.800. The van der Waals surface area contributed by atoms with Gasteiger partial charge < -0.3 is 9.47 Å². The van der Waals surface area contributed by atoms with Crippen molar-refractivity contribution in [2.45, 2.75) is 195 Å². The highest BCUT2D eigenvalue weighted by atomic mass is 127. The molecule has 4 heteroatoms. The number of ether oxygens (including phenoxy) is 2. The molecule has 1 atom stereocenters. The Morgan fingerprint density at radius 3 is 1.59 bits per heavy atom. The first-order chi connectivity index (χ1) is 21.5. The average molecular weight is 743 g/mol. The first-order valence-electron chi connectivity index (χ1n) is 18.9. The zero-order chi connectivity index (χ0) is 32.1. The topological polar surface area (TPSA) is 18.5 Å². The van der Waals surface area contributed by atoms with E-state index in [9.17, 15) is 0 Å². The Kier molecular flexibility index (Phi) is 29.0. The maximum absolute atomic E-state index is 6.27. The average Bonchev–Trinajstić information content (AvgIpc) is 3.03. The molecule has 0 amide bonds. The van der Waals surface area contributed by atoms with Crippen LogP contribution in [0.2, 0.25) is 0 Å². The minimum atomic E-state index is 0.00164. The predicted octanol–water partition coefficient (Wildman–Crippen LogP) is 13.7. The van der Waals surface area contributed by atoms with Gasteiger partial charge in [0.2, 0.25) is 0 Å². The van der Waals surface area contributed by atoms with E-state index >= 15 is 0 Å². The van der Waals surface area contributed by atoms with Gasteiger partial charge in [0.25, 0.3) is 0 Å². The molecule has 0 saturated heterocycles. The van der Waals surface area contributed by atoms with Crippen molar-refractivity contribution >= 4 is 33.6 Å². The molecule has 0 aliphatic carbocycles. The molecule has 0 spiro atoms. The molecular weight excluding hydrogens is 670 g/mol. The van der Waals surface area contributed by atoms with Gasteiger partial charge in [-0.3, -0.25) is 0 Å². The standard InChI is InChI=1S/C40H72IO2P/c1-6-8-10-12-14-20-24-28-32-42-40(43-33-29-25-21-15-13-11-9-7-2)31-27-23-19-17-16-18-22-26-30-38-34-39(44-41)37(5)35(3)36(38)4/h16,18,34,40,44H,6-15,17,19-33H2,1-5H3/b18-16+. The summed E-state index contributed by atoms with van der Waals surface area (Å²) in [5.41, 5.74) is 6.06. The summed E-state index contributed by atoms with van der Waals surface area (Å²) in [6, 6.07) is 2.47. The molecule has 0 saturated carbocycles. The van der Waals surface area contributed by atoms with Crippen LogP contribution < -0.4 is 5.30 Å². The van der Waals surface area contributed by atoms with Gasteiger partial charge in [-0.05, 0) is 112 Å². The van der Waals surface area contributed by atoms with Gasteiger partial charge in [0.15, 0.2) is 6.29 Å². The van der Waals surface area contributed by atoms with Gasteiger partial charge in [0.1, 0.15) is 0 Å². The summed E-state index contributed by atoms with van der Waals surface area (Å²) in [6.07, 6.45) is 36.8. The van der Waals surface area contributed by atoms with Crippen LogP contribution in [0.5, 0.6) is 0 Å². The molecule has 2 nitrogen and oxygen atoms in total. The third-order valence-electron chi connectivity index (χ3n) is 9.33. The monoisotopic (exact) mass is 742 g/mol. The normalized spacial score (nSPS) is 12.2. The van der Waals surface area contributed by atoms with Crippen molar-refractivity contribution in [3.8, 4) is 0 Å². The fourth-order valence-electron chi connectivity index (χ4n) is 5.98. The third-order valence-corrected chi connectivity index (χ3v) is 11.8. The first kappa shape index (κ1) is 42.1. The van der Waals surface area contributed by atoms with Crippen molar-refractivity contribution in [1.82, 2.24) is 0 Å². The zero-order valence-electron chi connectivity index (χ0n) is 29.9. The van der Waals surface area contributed by atoms with E-state index in [1.165, 1.54) is 164 Å². The number of halogens is 1. The van der Waals surface area contributed by atoms with Crippen LogP contribution in [0.4, 0.5) is 0 Å². The van der Waals surface area contributed by atoms with Crippen LogP contribution in [0, 0.1) is 20.8 Å². The highest BCUT2D eigenvalue weighted by Crippen LogP contribution is 2.27. The van der Waals surface area contributed by atoms with Crippen LogP contribution in [0.3, 0.4) is 0 Å². The second kappa shape index (κ2) is 30.4. The van der Waals surface area contributed by atoms with Crippen LogP contribution in [0.25, 0.3) is 0 Å². The number of allylic oxidation sites excluding steroid dienone is 2. The molecule has 0 aliphatic rings. The molecule has 256 valence electrons. The molecule has 1 aromatic rings. The second-order valence-corrected chi connectivity index (χ2v) is 15.5. The molecule has 0 aromatic heterocycles. The summed E-state index contributed by atoms with van der Waals surface area (Å²) in [4.78, 5) is 0. The molecule has 0 radical (unpaired) electrons. The summed E-state index contributed by atoms with van der Waals surface area (Å²) in [7, 11) is 0. The van der Waals surface area contributed by atoms with Crippen LogP contribution >= 0.6 is 28.3 Å². The number of hydrogen-bond acceptors (Lipinski definition) is 2. The van der Waals surface area contributed by atoms with E-state index < -0.39 is 0 Å². The molecule has 0 N–H and O–H groups in total. The second-order valence-electron chi connectivity index (χ2n) is 13.2. The van der Waals surface area contributed by atoms with Crippen LogP contribution in [-0.4, -0.2) is 19.5 Å². The lowest BCUT2D eigenvalue weighted by Gasteiger charge is -2.19. The van der Waals surface area contributed by atoms with Crippen LogP contribution in [0.15, 0.2) is 18.2 Å². The lowest BCUT2D eigenvalue weighted by Crippen LogP contribution is -2.19. The molecule has 0 fully saturated rings. The van der Waals surface area contributed by atoms with E-state index in [-0.39, 0.29) is 6.29 Å². The minimum Gasteiger partial charge on any atom is -0.353 e. The Hall–Kier alpha value is 0.0400. The minimum absolute atomic E-state index is 0.00164. The van der Waals surface area contributed by atoms with E-state index in [1.807, 2.05) is 0 Å². The van der Waals surface area contributed by atoms with Crippen LogP contribution in [0.1, 0.15) is 184 Å². The molecule has 0 heterocycles. The van der Waals surface area contributed by atoms with E-state index in [1.54, 1.807) is 10.9 Å². The van der Waals surface area contributed by atoms with E-state index in [0.717, 1.165) is 25.9 Å². The molecule has 0 bridgehead atoms. The number of hydrogen-bond donors (Lipinski definition) is 0. The molecule has 1 unspecified atom stereocenters. The lowest BCUT2D eigenvalue weighted by molar-refractivity contribution is -0.148. The first-order valence-corrected chi connectivity index (χ1v) is 23.0. The maximum atomic E-state index is 6.27. The largest absolute Gasteiger partial charge is 0.353 e. The van der Waals surface area contributed by atoms with E-state index in [4.69, 9.17) is 9.47 Å². The highest BCUT2D eigenvalue weighted by Gasteiger charge is 2.10. The van der Waals surface area contributed by atoms with Gasteiger partial charge in [-0.1, -0.05) is 150 Å². The fourth-order valence-corrected chi connectivity index (χ4v) is 8.22. The molecule has 44 heavy (non-hydrogen) atoms. The van der Waals surface area contributed by atoms with Crippen molar-refractivity contribution < 1.29 is 9.47 Å². The van der Waals surface area contributed by atoms with Gasteiger partial charge in [0, 0.05) is 13.2 Å². The van der Waals surface area contributed by atoms with E-state index in [0.29, 0.717) is 0 Å². The SMILES string of the molecule is CCCCCCCCCCOC(CCCCC/C=C/CCCc1cc(PI)c(C)c(C)c1C)OCCCCCCCCCC. The number of unbranched alkanes of at least 4 members (excludes halogenated alkanes) is 18. The summed E-state index contributed by atoms with van der Waals surface area (Å²) in [5.74, 6) is 0. The molecule has 0 aliphatic heterocycles. The van der Waals surface area contributed by atoms with Crippen molar-refractivity contribution in [3.05, 3.63) is 40.5 Å². The Bertz CT molecular complexity index is 802. The highest BCUT2D eigenvalue weighted by molar-refractivity contribution is 14.2. The van der Waals surface area contributed by atoms with E-state index in [2.05, 4.69) is 74.9 Å². The maximum Gasteiger partial charge on any atom is 0.157 e. The Labute approximate surface area is 290 Å². The Morgan fingerprint density at radius 1 is 0.591 bits per heavy atom. The van der Waals surface area contributed by atoms with Crippen molar-refractivity contribution in [2.75, 3.05) is 13.2 Å². The van der Waals surface area contributed by atoms with Gasteiger partial charge >= 0.3 is 0 Å². The molecule has 1 aromatic carbocycles. The predicted molar refractivity (Wildman–Crippen MR) is 209 cm³/mol. The van der Waals surface area contributed by atoms with Gasteiger partial charge in [-0.25, -0.2) is 0 Å².